The third-order valence-corrected chi connectivity index (χ3v) is 4.16. The predicted molar refractivity (Wildman–Crippen MR) is 99.0 cm³/mol. The number of hydrogen-bond donors (Lipinski definition) is 1. The van der Waals surface area contributed by atoms with Crippen LogP contribution in [0.4, 0.5) is 13.2 Å². The topological polar surface area (TPSA) is 46.5 Å². The van der Waals surface area contributed by atoms with Crippen LogP contribution < -0.4 is 4.74 Å². The molecule has 28 heavy (non-hydrogen) atoms. The second-order valence-corrected chi connectivity index (χ2v) is 6.22. The van der Waals surface area contributed by atoms with Crippen molar-refractivity contribution in [3.63, 3.8) is 0 Å². The molecule has 3 nitrogen and oxygen atoms in total. The van der Waals surface area contributed by atoms with E-state index in [0.29, 0.717) is 5.56 Å². The van der Waals surface area contributed by atoms with Gasteiger partial charge in [0.1, 0.15) is 12.4 Å². The van der Waals surface area contributed by atoms with E-state index in [0.717, 1.165) is 11.6 Å². The summed E-state index contributed by atoms with van der Waals surface area (Å²) in [4.78, 5) is 11.0. The minimum Gasteiger partial charge on any atom is -0.488 e. The van der Waals surface area contributed by atoms with Gasteiger partial charge in [-0.2, -0.15) is 13.2 Å². The van der Waals surface area contributed by atoms with Crippen LogP contribution in [0.5, 0.6) is 5.75 Å². The number of ether oxygens (including phenoxy) is 1. The normalized spacial score (nSPS) is 11.2. The van der Waals surface area contributed by atoms with Crippen molar-refractivity contribution in [2.75, 3.05) is 0 Å². The number of aliphatic carboxylic acids is 1. The molecule has 3 aromatic rings. The Bertz CT molecular complexity index is 966. The van der Waals surface area contributed by atoms with E-state index >= 15 is 0 Å². The Morgan fingerprint density at radius 2 is 1.54 bits per heavy atom. The van der Waals surface area contributed by atoms with Crippen molar-refractivity contribution in [3.05, 3.63) is 89.5 Å². The minimum atomic E-state index is -4.55. The minimum absolute atomic E-state index is 0.0506. The van der Waals surface area contributed by atoms with E-state index in [1.165, 1.54) is 30.3 Å². The highest BCUT2D eigenvalue weighted by Gasteiger charge is 2.34. The van der Waals surface area contributed by atoms with Gasteiger partial charge < -0.3 is 9.84 Å². The van der Waals surface area contributed by atoms with Crippen LogP contribution in [0, 0.1) is 0 Å². The van der Waals surface area contributed by atoms with Gasteiger partial charge in [0.15, 0.2) is 0 Å². The van der Waals surface area contributed by atoms with Crippen molar-refractivity contribution < 1.29 is 27.8 Å². The fourth-order valence-corrected chi connectivity index (χ4v) is 2.90. The maximum Gasteiger partial charge on any atom is 0.417 e. The van der Waals surface area contributed by atoms with Gasteiger partial charge in [0, 0.05) is 5.56 Å². The summed E-state index contributed by atoms with van der Waals surface area (Å²) in [6, 6.07) is 18.9. The van der Waals surface area contributed by atoms with Gasteiger partial charge in [0.05, 0.1) is 12.0 Å². The summed E-state index contributed by atoms with van der Waals surface area (Å²) in [6.45, 7) is 0.181. The van der Waals surface area contributed by atoms with E-state index in [1.807, 2.05) is 30.3 Å². The summed E-state index contributed by atoms with van der Waals surface area (Å²) in [6.07, 6.45) is -4.84. The summed E-state index contributed by atoms with van der Waals surface area (Å²) in [5, 5.41) is 9.02. The molecule has 0 spiro atoms. The Morgan fingerprint density at radius 3 is 2.21 bits per heavy atom. The molecular weight excluding hydrogens is 369 g/mol. The maximum atomic E-state index is 13.5. The molecule has 6 heteroatoms. The average molecular weight is 386 g/mol. The summed E-state index contributed by atoms with van der Waals surface area (Å²) < 4.78 is 46.3. The van der Waals surface area contributed by atoms with E-state index in [-0.39, 0.29) is 29.9 Å². The molecule has 0 aliphatic heterocycles. The van der Waals surface area contributed by atoms with Gasteiger partial charge in [0.25, 0.3) is 0 Å². The monoisotopic (exact) mass is 386 g/mol. The average Bonchev–Trinajstić information content (AvgIpc) is 2.66. The number of halogens is 3. The number of benzene rings is 3. The Kier molecular flexibility index (Phi) is 5.68. The zero-order chi connectivity index (χ0) is 20.1. The van der Waals surface area contributed by atoms with Gasteiger partial charge in [-0.15, -0.1) is 0 Å². The van der Waals surface area contributed by atoms with Crippen molar-refractivity contribution in [3.8, 4) is 16.9 Å². The van der Waals surface area contributed by atoms with Gasteiger partial charge in [-0.25, -0.2) is 0 Å². The highest BCUT2D eigenvalue weighted by Crippen LogP contribution is 2.41. The summed E-state index contributed by atoms with van der Waals surface area (Å²) in [7, 11) is 0. The molecule has 0 bridgehead atoms. The number of carbonyl (C=O) groups is 1. The molecule has 0 amide bonds. The number of alkyl halides is 3. The van der Waals surface area contributed by atoms with E-state index in [2.05, 4.69) is 0 Å². The van der Waals surface area contributed by atoms with Crippen LogP contribution in [0.1, 0.15) is 16.7 Å². The summed E-state index contributed by atoms with van der Waals surface area (Å²) in [5.41, 5.74) is 0.624. The lowest BCUT2D eigenvalue weighted by atomic mass is 9.96. The van der Waals surface area contributed by atoms with E-state index in [4.69, 9.17) is 9.84 Å². The highest BCUT2D eigenvalue weighted by atomic mass is 19.4. The van der Waals surface area contributed by atoms with E-state index < -0.39 is 17.7 Å². The van der Waals surface area contributed by atoms with Crippen LogP contribution in [-0.2, 0) is 24.0 Å². The fourth-order valence-electron chi connectivity index (χ4n) is 2.90. The lowest BCUT2D eigenvalue weighted by Gasteiger charge is -2.17. The van der Waals surface area contributed by atoms with Crippen LogP contribution in [0.15, 0.2) is 72.8 Å². The quantitative estimate of drug-likeness (QED) is 0.602. The van der Waals surface area contributed by atoms with Crippen LogP contribution >= 0.6 is 0 Å². The Morgan fingerprint density at radius 1 is 0.857 bits per heavy atom. The number of carboxylic acid groups (broad SMARTS) is 1. The first-order chi connectivity index (χ1) is 13.3. The van der Waals surface area contributed by atoms with E-state index in [9.17, 15) is 18.0 Å². The second kappa shape index (κ2) is 8.17. The molecule has 0 radical (unpaired) electrons. The zero-order valence-electron chi connectivity index (χ0n) is 14.7. The summed E-state index contributed by atoms with van der Waals surface area (Å²) in [5.74, 6) is -0.803. The molecule has 0 aliphatic rings. The maximum absolute atomic E-state index is 13.5. The van der Waals surface area contributed by atoms with Gasteiger partial charge in [-0.1, -0.05) is 54.6 Å². The molecular formula is C22H17F3O3. The van der Waals surface area contributed by atoms with Gasteiger partial charge in [-0.3, -0.25) is 4.79 Å². The van der Waals surface area contributed by atoms with Gasteiger partial charge >= 0.3 is 12.1 Å². The third kappa shape index (κ3) is 4.71. The molecule has 0 aliphatic carbocycles. The lowest BCUT2D eigenvalue weighted by molar-refractivity contribution is -0.137. The zero-order valence-corrected chi connectivity index (χ0v) is 14.7. The molecule has 0 atom stereocenters. The Balaban J connectivity index is 2.05. The molecule has 0 saturated carbocycles. The molecule has 3 aromatic carbocycles. The van der Waals surface area contributed by atoms with Crippen molar-refractivity contribution >= 4 is 5.97 Å². The van der Waals surface area contributed by atoms with Gasteiger partial charge in [0.2, 0.25) is 0 Å². The largest absolute Gasteiger partial charge is 0.488 e. The molecule has 3 rings (SSSR count). The molecule has 0 fully saturated rings. The molecule has 1 N–H and O–H groups in total. The standard InChI is InChI=1S/C22H17F3O3/c23-22(24,25)19-9-5-4-8-17(19)18-12-16(13-21(26)27)10-11-20(18)28-14-15-6-2-1-3-7-15/h1-12H,13-14H2,(H,26,27). The van der Waals surface area contributed by atoms with Crippen molar-refractivity contribution in [1.82, 2.24) is 0 Å². The Labute approximate surface area is 160 Å². The van der Waals surface area contributed by atoms with Crippen LogP contribution in [-0.4, -0.2) is 11.1 Å². The first-order valence-electron chi connectivity index (χ1n) is 8.52. The van der Waals surface area contributed by atoms with Crippen molar-refractivity contribution in [2.24, 2.45) is 0 Å². The smallest absolute Gasteiger partial charge is 0.417 e. The molecule has 0 aromatic heterocycles. The van der Waals surface area contributed by atoms with Crippen LogP contribution in [0.3, 0.4) is 0 Å². The molecule has 144 valence electrons. The van der Waals surface area contributed by atoms with Crippen LogP contribution in [0.2, 0.25) is 0 Å². The number of hydrogen-bond acceptors (Lipinski definition) is 2. The Hall–Kier alpha value is -3.28. The molecule has 0 heterocycles. The van der Waals surface area contributed by atoms with Crippen molar-refractivity contribution in [2.45, 2.75) is 19.2 Å². The van der Waals surface area contributed by atoms with Crippen molar-refractivity contribution in [1.29, 1.82) is 0 Å². The highest BCUT2D eigenvalue weighted by molar-refractivity contribution is 5.77. The first-order valence-corrected chi connectivity index (χ1v) is 8.52. The fraction of sp³-hybridized carbons (Fsp3) is 0.136. The SMILES string of the molecule is O=C(O)Cc1ccc(OCc2ccccc2)c(-c2ccccc2C(F)(F)F)c1. The lowest BCUT2D eigenvalue weighted by Crippen LogP contribution is -2.08. The van der Waals surface area contributed by atoms with Gasteiger partial charge in [-0.05, 0) is 34.9 Å². The van der Waals surface area contributed by atoms with Crippen LogP contribution in [0.25, 0.3) is 11.1 Å². The molecule has 0 saturated heterocycles. The number of rotatable bonds is 6. The first kappa shape index (κ1) is 19.5. The predicted octanol–water partition coefficient (Wildman–Crippen LogP) is 5.58. The molecule has 0 unspecified atom stereocenters. The van der Waals surface area contributed by atoms with E-state index in [1.54, 1.807) is 6.07 Å². The summed E-state index contributed by atoms with van der Waals surface area (Å²) >= 11 is 0. The number of carboxylic acids is 1. The third-order valence-electron chi connectivity index (χ3n) is 4.16. The second-order valence-electron chi connectivity index (χ2n) is 6.22.